The van der Waals surface area contributed by atoms with Gasteiger partial charge in [0.1, 0.15) is 0 Å². The summed E-state index contributed by atoms with van der Waals surface area (Å²) in [6.07, 6.45) is -2.28. The Balaban J connectivity index is 1.99. The lowest BCUT2D eigenvalue weighted by Crippen LogP contribution is -2.23. The van der Waals surface area contributed by atoms with Gasteiger partial charge in [0.2, 0.25) is 5.91 Å². The van der Waals surface area contributed by atoms with Crippen molar-refractivity contribution in [1.29, 1.82) is 0 Å². The maximum absolute atomic E-state index is 13.3. The number of nitrogens with one attached hydrogen (secondary N) is 2. The molecule has 4 nitrogen and oxygen atoms in total. The first-order valence-corrected chi connectivity index (χ1v) is 8.54. The van der Waals surface area contributed by atoms with E-state index in [9.17, 15) is 18.0 Å². The Hall–Kier alpha value is -2.80. The minimum absolute atomic E-state index is 0.0589. The van der Waals surface area contributed by atoms with Crippen LogP contribution in [0.1, 0.15) is 28.7 Å². The van der Waals surface area contributed by atoms with Gasteiger partial charge < -0.3 is 15.7 Å². The van der Waals surface area contributed by atoms with Gasteiger partial charge in [-0.2, -0.15) is 13.2 Å². The second kappa shape index (κ2) is 7.84. The quantitative estimate of drug-likeness (QED) is 0.698. The fourth-order valence-electron chi connectivity index (χ4n) is 2.99. The molecule has 0 aliphatic carbocycles. The van der Waals surface area contributed by atoms with E-state index in [1.54, 1.807) is 24.3 Å². The number of aliphatic hydroxyl groups is 1. The van der Waals surface area contributed by atoms with Gasteiger partial charge in [0.15, 0.2) is 0 Å². The van der Waals surface area contributed by atoms with E-state index >= 15 is 0 Å². The summed E-state index contributed by atoms with van der Waals surface area (Å²) in [5.74, 6) is -0.371. The zero-order valence-electron chi connectivity index (χ0n) is 14.4. The molecule has 3 rings (SSSR count). The predicted octanol–water partition coefficient (Wildman–Crippen LogP) is 3.67. The van der Waals surface area contributed by atoms with Gasteiger partial charge in [-0.1, -0.05) is 24.3 Å². The van der Waals surface area contributed by atoms with Gasteiger partial charge in [-0.25, -0.2) is 0 Å². The summed E-state index contributed by atoms with van der Waals surface area (Å²) in [5, 5.41) is 14.6. The van der Waals surface area contributed by atoms with Crippen molar-refractivity contribution >= 4 is 23.4 Å². The summed E-state index contributed by atoms with van der Waals surface area (Å²) in [6.45, 7) is 0.659. The van der Waals surface area contributed by atoms with Gasteiger partial charge >= 0.3 is 6.18 Å². The Morgan fingerprint density at radius 2 is 1.93 bits per heavy atom. The molecular formula is C20H19F3N2O2. The first kappa shape index (κ1) is 19.0. The van der Waals surface area contributed by atoms with Crippen molar-refractivity contribution in [2.45, 2.75) is 19.0 Å². The van der Waals surface area contributed by atoms with Crippen LogP contribution in [-0.4, -0.2) is 24.2 Å². The summed E-state index contributed by atoms with van der Waals surface area (Å²) >= 11 is 0. The third-order valence-electron chi connectivity index (χ3n) is 4.25. The summed E-state index contributed by atoms with van der Waals surface area (Å²) in [6, 6.07) is 10.6. The van der Waals surface area contributed by atoms with Gasteiger partial charge in [0.25, 0.3) is 0 Å². The standard InChI is InChI=1S/C20H19F3N2O2/c21-20(22,23)17-5-2-1-4-16(17)18-11-13-6-7-15(24-8-3-9-26)10-14(13)12-19(27)25-18/h1-2,4-7,10-11,24,26H,3,8-9,12H2,(H,25,27). The molecule has 3 N–H and O–H groups in total. The highest BCUT2D eigenvalue weighted by Crippen LogP contribution is 2.35. The van der Waals surface area contributed by atoms with Crippen LogP contribution in [0.15, 0.2) is 42.5 Å². The van der Waals surface area contributed by atoms with Crippen molar-refractivity contribution in [1.82, 2.24) is 5.32 Å². The van der Waals surface area contributed by atoms with Crippen LogP contribution < -0.4 is 10.6 Å². The Bertz CT molecular complexity index is 876. The van der Waals surface area contributed by atoms with Gasteiger partial charge in [-0.3, -0.25) is 4.79 Å². The molecule has 2 aromatic carbocycles. The second-order valence-corrected chi connectivity index (χ2v) is 6.24. The fraction of sp³-hybridized carbons (Fsp3) is 0.250. The molecule has 0 unspecified atom stereocenters. The van der Waals surface area contributed by atoms with E-state index in [0.717, 1.165) is 17.3 Å². The lowest BCUT2D eigenvalue weighted by Gasteiger charge is -2.15. The van der Waals surface area contributed by atoms with Gasteiger partial charge in [0, 0.05) is 30.1 Å². The number of anilines is 1. The van der Waals surface area contributed by atoms with Crippen LogP contribution in [0.25, 0.3) is 11.8 Å². The second-order valence-electron chi connectivity index (χ2n) is 6.24. The molecule has 7 heteroatoms. The molecular weight excluding hydrogens is 357 g/mol. The first-order valence-electron chi connectivity index (χ1n) is 8.54. The Kier molecular flexibility index (Phi) is 5.51. The maximum Gasteiger partial charge on any atom is 0.417 e. The van der Waals surface area contributed by atoms with Crippen LogP contribution >= 0.6 is 0 Å². The van der Waals surface area contributed by atoms with Crippen molar-refractivity contribution in [2.75, 3.05) is 18.5 Å². The third kappa shape index (κ3) is 4.49. The number of aliphatic hydroxyl groups excluding tert-OH is 1. The summed E-state index contributed by atoms with van der Waals surface area (Å²) in [4.78, 5) is 12.3. The van der Waals surface area contributed by atoms with Crippen LogP contribution in [0.3, 0.4) is 0 Å². The van der Waals surface area contributed by atoms with Crippen molar-refractivity contribution < 1.29 is 23.1 Å². The van der Waals surface area contributed by atoms with Gasteiger partial charge in [0.05, 0.1) is 12.0 Å². The monoisotopic (exact) mass is 376 g/mol. The molecule has 0 fully saturated rings. The Morgan fingerprint density at radius 1 is 1.15 bits per heavy atom. The third-order valence-corrected chi connectivity index (χ3v) is 4.25. The van der Waals surface area contributed by atoms with E-state index in [1.807, 2.05) is 0 Å². The minimum Gasteiger partial charge on any atom is -0.396 e. The molecule has 0 radical (unpaired) electrons. The van der Waals surface area contributed by atoms with Crippen molar-refractivity contribution in [3.63, 3.8) is 0 Å². The lowest BCUT2D eigenvalue weighted by atomic mass is 10.0. The highest BCUT2D eigenvalue weighted by molar-refractivity contribution is 5.97. The molecule has 1 aliphatic rings. The van der Waals surface area contributed by atoms with Crippen molar-refractivity contribution in [3.05, 3.63) is 64.7 Å². The molecule has 2 aromatic rings. The number of alkyl halides is 3. The van der Waals surface area contributed by atoms with Crippen LogP contribution in [0.2, 0.25) is 0 Å². The van der Waals surface area contributed by atoms with Gasteiger partial charge in [-0.05, 0) is 41.8 Å². The number of hydrogen-bond donors (Lipinski definition) is 3. The van der Waals surface area contributed by atoms with Crippen molar-refractivity contribution in [3.8, 4) is 0 Å². The van der Waals surface area contributed by atoms with E-state index in [-0.39, 0.29) is 30.2 Å². The van der Waals surface area contributed by atoms with E-state index in [4.69, 9.17) is 5.11 Å². The lowest BCUT2D eigenvalue weighted by molar-refractivity contribution is -0.137. The molecule has 27 heavy (non-hydrogen) atoms. The molecule has 1 aliphatic heterocycles. The minimum atomic E-state index is -4.52. The molecule has 1 amide bonds. The summed E-state index contributed by atoms with van der Waals surface area (Å²) < 4.78 is 40.0. The zero-order chi connectivity index (χ0) is 19.4. The number of carbonyl (C=O) groups excluding carboxylic acids is 1. The van der Waals surface area contributed by atoms with Crippen LogP contribution in [-0.2, 0) is 17.4 Å². The normalized spacial score (nSPS) is 14.1. The number of rotatable bonds is 5. The van der Waals surface area contributed by atoms with E-state index in [2.05, 4.69) is 10.6 Å². The number of carbonyl (C=O) groups is 1. The topological polar surface area (TPSA) is 61.4 Å². The van der Waals surface area contributed by atoms with Crippen molar-refractivity contribution in [2.24, 2.45) is 0 Å². The van der Waals surface area contributed by atoms with Crippen LogP contribution in [0.5, 0.6) is 0 Å². The van der Waals surface area contributed by atoms with Crippen LogP contribution in [0, 0.1) is 0 Å². The van der Waals surface area contributed by atoms with Gasteiger partial charge in [-0.15, -0.1) is 0 Å². The first-order chi connectivity index (χ1) is 12.9. The fourth-order valence-corrected chi connectivity index (χ4v) is 2.99. The number of halogens is 3. The molecule has 0 aromatic heterocycles. The molecule has 0 bridgehead atoms. The molecule has 0 atom stereocenters. The van der Waals surface area contributed by atoms with E-state index in [1.165, 1.54) is 18.2 Å². The molecule has 0 saturated carbocycles. The number of hydrogen-bond acceptors (Lipinski definition) is 3. The molecule has 0 saturated heterocycles. The zero-order valence-corrected chi connectivity index (χ0v) is 14.4. The highest BCUT2D eigenvalue weighted by Gasteiger charge is 2.34. The molecule has 1 heterocycles. The van der Waals surface area contributed by atoms with Crippen LogP contribution in [0.4, 0.5) is 18.9 Å². The Labute approximate surface area is 154 Å². The largest absolute Gasteiger partial charge is 0.417 e. The summed E-state index contributed by atoms with van der Waals surface area (Å²) in [7, 11) is 0. The number of amides is 1. The van der Waals surface area contributed by atoms with E-state index in [0.29, 0.717) is 18.5 Å². The molecule has 0 spiro atoms. The molecule has 142 valence electrons. The number of benzene rings is 2. The Morgan fingerprint density at radius 3 is 2.67 bits per heavy atom. The average Bonchev–Trinajstić information content (AvgIpc) is 2.79. The highest BCUT2D eigenvalue weighted by atomic mass is 19.4. The van der Waals surface area contributed by atoms with E-state index < -0.39 is 11.7 Å². The maximum atomic E-state index is 13.3. The smallest absolute Gasteiger partial charge is 0.396 e. The predicted molar refractivity (Wildman–Crippen MR) is 97.8 cm³/mol. The number of fused-ring (bicyclic) bond motifs is 1. The average molecular weight is 376 g/mol. The summed E-state index contributed by atoms with van der Waals surface area (Å²) in [5.41, 5.74) is 1.49. The SMILES string of the molecule is O=C1Cc2cc(NCCCO)ccc2C=C(c2ccccc2C(F)(F)F)N1.